The maximum atomic E-state index is 12.1. The Balaban J connectivity index is 2.79. The van der Waals surface area contributed by atoms with Crippen LogP contribution in [0.25, 0.3) is 0 Å². The van der Waals surface area contributed by atoms with Crippen molar-refractivity contribution in [2.24, 2.45) is 0 Å². The largest absolute Gasteiger partial charge is 0.452 e. The van der Waals surface area contributed by atoms with Gasteiger partial charge in [-0.2, -0.15) is 0 Å². The molecule has 9 nitrogen and oxygen atoms in total. The highest BCUT2D eigenvalue weighted by atomic mass is 35.5. The summed E-state index contributed by atoms with van der Waals surface area (Å²) < 4.78 is 30.0. The van der Waals surface area contributed by atoms with Crippen LogP contribution >= 0.6 is 11.6 Å². The fourth-order valence-corrected chi connectivity index (χ4v) is 2.75. The minimum absolute atomic E-state index is 0.0177. The zero-order valence-electron chi connectivity index (χ0n) is 14.8. The number of carbonyl (C=O) groups is 3. The lowest BCUT2D eigenvalue weighted by Gasteiger charge is -2.13. The van der Waals surface area contributed by atoms with Gasteiger partial charge in [-0.1, -0.05) is 11.6 Å². The van der Waals surface area contributed by atoms with Crippen molar-refractivity contribution in [2.45, 2.75) is 4.90 Å². The van der Waals surface area contributed by atoms with Gasteiger partial charge in [0.15, 0.2) is 6.61 Å². The normalized spacial score (nSPS) is 11.2. The summed E-state index contributed by atoms with van der Waals surface area (Å²) >= 11 is 5.91. The number of hydrogen-bond acceptors (Lipinski definition) is 6. The van der Waals surface area contributed by atoms with Gasteiger partial charge >= 0.3 is 5.97 Å². The number of sulfonamides is 1. The number of halogens is 1. The average Bonchev–Trinajstić information content (AvgIpc) is 2.57. The topological polar surface area (TPSA) is 113 Å². The molecule has 0 unspecified atom stereocenters. The summed E-state index contributed by atoms with van der Waals surface area (Å²) in [4.78, 5) is 36.2. The van der Waals surface area contributed by atoms with E-state index in [0.29, 0.717) is 0 Å². The molecule has 0 aliphatic rings. The molecule has 1 rings (SSSR count). The highest BCUT2D eigenvalue weighted by Gasteiger charge is 2.22. The van der Waals surface area contributed by atoms with E-state index in [9.17, 15) is 22.8 Å². The Kier molecular flexibility index (Phi) is 7.54. The first kappa shape index (κ1) is 21.9. The monoisotopic (exact) mass is 405 g/mol. The molecule has 1 aromatic rings. The number of likely N-dealkylation sites (N-methyl/N-ethyl adjacent to an activating group) is 1. The lowest BCUT2D eigenvalue weighted by atomic mass is 10.2. The number of rotatable bonds is 7. The predicted octanol–water partition coefficient (Wildman–Crippen LogP) is -0.0485. The highest BCUT2D eigenvalue weighted by molar-refractivity contribution is 7.89. The molecular formula is C15H20ClN3O6S. The molecule has 26 heavy (non-hydrogen) atoms. The van der Waals surface area contributed by atoms with Crippen molar-refractivity contribution in [1.29, 1.82) is 0 Å². The Bertz CT molecular complexity index is 808. The van der Waals surface area contributed by atoms with Gasteiger partial charge in [0.25, 0.3) is 5.91 Å². The summed E-state index contributed by atoms with van der Waals surface area (Å²) in [5, 5.41) is 2.28. The third kappa shape index (κ3) is 5.68. The Morgan fingerprint density at radius 2 is 1.77 bits per heavy atom. The molecule has 0 aromatic heterocycles. The number of hydrogen-bond donors (Lipinski definition) is 1. The van der Waals surface area contributed by atoms with Gasteiger partial charge in [0.05, 0.1) is 22.0 Å². The van der Waals surface area contributed by atoms with Gasteiger partial charge in [-0.05, 0) is 18.2 Å². The molecule has 2 amide bonds. The van der Waals surface area contributed by atoms with Crippen molar-refractivity contribution < 1.29 is 27.5 Å². The van der Waals surface area contributed by atoms with Crippen LogP contribution in [-0.4, -0.2) is 76.7 Å². The van der Waals surface area contributed by atoms with Crippen molar-refractivity contribution in [3.8, 4) is 0 Å². The molecule has 0 heterocycles. The van der Waals surface area contributed by atoms with Crippen LogP contribution in [0.3, 0.4) is 0 Å². The second-order valence-corrected chi connectivity index (χ2v) is 8.13. The minimum Gasteiger partial charge on any atom is -0.452 e. The SMILES string of the molecule is CN(C)C(=O)CNC(=O)COC(=O)c1cc(S(=O)(=O)N(C)C)ccc1Cl. The van der Waals surface area contributed by atoms with E-state index in [1.165, 1.54) is 45.2 Å². The summed E-state index contributed by atoms with van der Waals surface area (Å²) in [6.45, 7) is -0.874. The predicted molar refractivity (Wildman–Crippen MR) is 94.3 cm³/mol. The van der Waals surface area contributed by atoms with Gasteiger partial charge in [-0.3, -0.25) is 9.59 Å². The molecule has 0 aliphatic carbocycles. The fraction of sp³-hybridized carbons (Fsp3) is 0.400. The molecule has 11 heteroatoms. The minimum atomic E-state index is -3.76. The number of amides is 2. The van der Waals surface area contributed by atoms with Gasteiger partial charge in [-0.25, -0.2) is 17.5 Å². The molecule has 0 bridgehead atoms. The second kappa shape index (κ2) is 8.97. The van der Waals surface area contributed by atoms with E-state index in [1.54, 1.807) is 0 Å². The zero-order chi connectivity index (χ0) is 20.1. The van der Waals surface area contributed by atoms with E-state index in [2.05, 4.69) is 5.32 Å². The Morgan fingerprint density at radius 1 is 1.15 bits per heavy atom. The van der Waals surface area contributed by atoms with Crippen molar-refractivity contribution in [3.63, 3.8) is 0 Å². The van der Waals surface area contributed by atoms with Crippen molar-refractivity contribution in [1.82, 2.24) is 14.5 Å². The molecule has 1 N–H and O–H groups in total. The molecule has 0 saturated heterocycles. The highest BCUT2D eigenvalue weighted by Crippen LogP contribution is 2.22. The van der Waals surface area contributed by atoms with E-state index >= 15 is 0 Å². The second-order valence-electron chi connectivity index (χ2n) is 5.57. The third-order valence-corrected chi connectivity index (χ3v) is 5.35. The summed E-state index contributed by atoms with van der Waals surface area (Å²) in [6.07, 6.45) is 0. The standard InChI is InChI=1S/C15H20ClN3O6S/c1-18(2)14(21)8-17-13(20)9-25-15(22)11-7-10(5-6-12(11)16)26(23,24)19(3)4/h5-7H,8-9H2,1-4H3,(H,17,20). The van der Waals surface area contributed by atoms with Crippen LogP contribution in [0, 0.1) is 0 Å². The van der Waals surface area contributed by atoms with Crippen LogP contribution in [0.4, 0.5) is 0 Å². The zero-order valence-corrected chi connectivity index (χ0v) is 16.3. The Morgan fingerprint density at radius 3 is 2.31 bits per heavy atom. The van der Waals surface area contributed by atoms with Gasteiger partial charge in [0.1, 0.15) is 0 Å². The molecule has 0 spiro atoms. The van der Waals surface area contributed by atoms with Gasteiger partial charge < -0.3 is 15.0 Å². The van der Waals surface area contributed by atoms with Crippen LogP contribution in [0.5, 0.6) is 0 Å². The van der Waals surface area contributed by atoms with Crippen molar-refractivity contribution >= 4 is 39.4 Å². The summed E-state index contributed by atoms with van der Waals surface area (Å²) in [7, 11) is 2.00. The van der Waals surface area contributed by atoms with Crippen molar-refractivity contribution in [3.05, 3.63) is 28.8 Å². The van der Waals surface area contributed by atoms with E-state index in [1.807, 2.05) is 0 Å². The molecule has 0 saturated carbocycles. The Labute approximate surface area is 156 Å². The molecular weight excluding hydrogens is 386 g/mol. The maximum Gasteiger partial charge on any atom is 0.340 e. The van der Waals surface area contributed by atoms with Crippen LogP contribution in [-0.2, 0) is 24.3 Å². The molecule has 1 aromatic carbocycles. The fourth-order valence-electron chi connectivity index (χ4n) is 1.62. The van der Waals surface area contributed by atoms with Crippen LogP contribution in [0.1, 0.15) is 10.4 Å². The third-order valence-electron chi connectivity index (χ3n) is 3.21. The lowest BCUT2D eigenvalue weighted by molar-refractivity contribution is -0.131. The number of nitrogens with one attached hydrogen (secondary N) is 1. The number of nitrogens with zero attached hydrogens (tertiary/aromatic N) is 2. The summed E-state index contributed by atoms with van der Waals surface area (Å²) in [5.74, 6) is -1.96. The summed E-state index contributed by atoms with van der Waals surface area (Å²) in [5.41, 5.74) is -0.188. The Hall–Kier alpha value is -2.17. The number of carbonyl (C=O) groups excluding carboxylic acids is 3. The van der Waals surface area contributed by atoms with Crippen LogP contribution in [0.15, 0.2) is 23.1 Å². The molecule has 0 radical (unpaired) electrons. The summed E-state index contributed by atoms with van der Waals surface area (Å²) in [6, 6.07) is 3.59. The lowest BCUT2D eigenvalue weighted by Crippen LogP contribution is -2.38. The number of benzene rings is 1. The van der Waals surface area contributed by atoms with E-state index < -0.39 is 28.5 Å². The number of ether oxygens (including phenoxy) is 1. The van der Waals surface area contributed by atoms with Crippen LogP contribution < -0.4 is 5.32 Å². The molecule has 0 atom stereocenters. The first-order valence-corrected chi connectivity index (χ1v) is 9.14. The quantitative estimate of drug-likeness (QED) is 0.636. The first-order chi connectivity index (χ1) is 12.0. The van der Waals surface area contributed by atoms with Crippen LogP contribution in [0.2, 0.25) is 5.02 Å². The van der Waals surface area contributed by atoms with E-state index in [0.717, 1.165) is 10.4 Å². The average molecular weight is 406 g/mol. The first-order valence-electron chi connectivity index (χ1n) is 7.33. The number of esters is 1. The van der Waals surface area contributed by atoms with E-state index in [-0.39, 0.29) is 27.9 Å². The van der Waals surface area contributed by atoms with E-state index in [4.69, 9.17) is 16.3 Å². The maximum absolute atomic E-state index is 12.1. The molecule has 144 valence electrons. The van der Waals surface area contributed by atoms with Gasteiger partial charge in [0, 0.05) is 28.2 Å². The molecule has 0 aliphatic heterocycles. The van der Waals surface area contributed by atoms with Gasteiger partial charge in [0.2, 0.25) is 15.9 Å². The smallest absolute Gasteiger partial charge is 0.340 e. The molecule has 0 fully saturated rings. The van der Waals surface area contributed by atoms with Gasteiger partial charge in [-0.15, -0.1) is 0 Å². The van der Waals surface area contributed by atoms with Crippen molar-refractivity contribution in [2.75, 3.05) is 41.3 Å².